The molecule has 0 saturated carbocycles. The Morgan fingerprint density at radius 1 is 0.405 bits per heavy atom. The van der Waals surface area contributed by atoms with Gasteiger partial charge < -0.3 is 13.6 Å². The normalized spacial score (nSPS) is 11.1. The standard InChI is InChI=1S/C38H55O3P/c1-3-5-7-9-11-13-15-18-26-34-28-22-24-32-37(34)40-42(39-36-30-20-17-21-31-36)41-38-33-25-23-29-35(38)27-19-16-14-12-10-8-6-4-2/h17,20-25,28-33H,3-16,18-19,26-27H2,1-2H3. The van der Waals surface area contributed by atoms with Crippen molar-refractivity contribution in [1.29, 1.82) is 0 Å². The molecule has 0 saturated heterocycles. The van der Waals surface area contributed by atoms with Gasteiger partial charge in [-0.1, -0.05) is 158 Å². The predicted octanol–water partition coefficient (Wildman–Crippen LogP) is 12.8. The zero-order chi connectivity index (χ0) is 29.5. The molecule has 0 atom stereocenters. The summed E-state index contributed by atoms with van der Waals surface area (Å²) in [6, 6.07) is 26.6. The number of rotatable bonds is 24. The molecule has 0 amide bonds. The molecule has 0 N–H and O–H groups in total. The van der Waals surface area contributed by atoms with Crippen LogP contribution < -0.4 is 13.6 Å². The molecule has 230 valence electrons. The molecule has 0 heterocycles. The van der Waals surface area contributed by atoms with Crippen molar-refractivity contribution in [3.8, 4) is 17.2 Å². The minimum atomic E-state index is -1.68. The van der Waals surface area contributed by atoms with Gasteiger partial charge in [0.1, 0.15) is 17.2 Å². The van der Waals surface area contributed by atoms with Crippen LogP contribution in [0.15, 0.2) is 78.9 Å². The average Bonchev–Trinajstić information content (AvgIpc) is 3.02. The van der Waals surface area contributed by atoms with Gasteiger partial charge >= 0.3 is 8.60 Å². The van der Waals surface area contributed by atoms with E-state index in [0.29, 0.717) is 0 Å². The Morgan fingerprint density at radius 3 is 1.24 bits per heavy atom. The van der Waals surface area contributed by atoms with Gasteiger partial charge in [-0.05, 0) is 61.1 Å². The van der Waals surface area contributed by atoms with E-state index in [-0.39, 0.29) is 0 Å². The maximum absolute atomic E-state index is 6.54. The molecule has 42 heavy (non-hydrogen) atoms. The first-order valence-electron chi connectivity index (χ1n) is 16.8. The number of hydrogen-bond acceptors (Lipinski definition) is 3. The van der Waals surface area contributed by atoms with Gasteiger partial charge in [0, 0.05) is 0 Å². The minimum absolute atomic E-state index is 0.754. The van der Waals surface area contributed by atoms with Crippen LogP contribution in [-0.4, -0.2) is 0 Å². The van der Waals surface area contributed by atoms with Gasteiger partial charge in [-0.2, -0.15) is 0 Å². The van der Waals surface area contributed by atoms with Gasteiger partial charge in [-0.3, -0.25) is 0 Å². The fourth-order valence-corrected chi connectivity index (χ4v) is 6.36. The summed E-state index contributed by atoms with van der Waals surface area (Å²) in [7, 11) is -1.68. The lowest BCUT2D eigenvalue weighted by molar-refractivity contribution is 0.384. The van der Waals surface area contributed by atoms with E-state index in [1.807, 2.05) is 42.5 Å². The summed E-state index contributed by atoms with van der Waals surface area (Å²) in [5, 5.41) is 0. The third-order valence-corrected chi connectivity index (χ3v) is 8.86. The van der Waals surface area contributed by atoms with Crippen LogP contribution in [-0.2, 0) is 12.8 Å². The largest absolute Gasteiger partial charge is 0.530 e. The van der Waals surface area contributed by atoms with Gasteiger partial charge in [0.15, 0.2) is 0 Å². The Balaban J connectivity index is 1.59. The van der Waals surface area contributed by atoms with E-state index in [0.717, 1.165) is 30.1 Å². The summed E-state index contributed by atoms with van der Waals surface area (Å²) < 4.78 is 19.4. The van der Waals surface area contributed by atoms with Crippen LogP contribution in [0.3, 0.4) is 0 Å². The molecule has 3 aromatic carbocycles. The summed E-state index contributed by atoms with van der Waals surface area (Å²) in [4.78, 5) is 0. The molecule has 0 aromatic heterocycles. The Labute approximate surface area is 258 Å². The van der Waals surface area contributed by atoms with E-state index in [1.165, 1.54) is 114 Å². The van der Waals surface area contributed by atoms with Gasteiger partial charge in [-0.15, -0.1) is 0 Å². The van der Waals surface area contributed by atoms with Crippen molar-refractivity contribution in [3.05, 3.63) is 90.0 Å². The summed E-state index contributed by atoms with van der Waals surface area (Å²) in [5.41, 5.74) is 2.45. The van der Waals surface area contributed by atoms with Crippen LogP contribution in [0.2, 0.25) is 0 Å². The second kappa shape index (κ2) is 22.1. The maximum atomic E-state index is 6.54. The van der Waals surface area contributed by atoms with E-state index in [2.05, 4.69) is 50.2 Å². The topological polar surface area (TPSA) is 27.7 Å². The quantitative estimate of drug-likeness (QED) is 0.0767. The zero-order valence-electron chi connectivity index (χ0n) is 26.4. The summed E-state index contributed by atoms with van der Waals surface area (Å²) in [6.07, 6.45) is 23.0. The number of aryl methyl sites for hydroxylation is 2. The Bertz CT molecular complexity index is 1010. The van der Waals surface area contributed by atoms with Gasteiger partial charge in [0.25, 0.3) is 0 Å². The maximum Gasteiger partial charge on any atom is 0.530 e. The van der Waals surface area contributed by atoms with Gasteiger partial charge in [-0.25, -0.2) is 0 Å². The molecule has 0 fully saturated rings. The molecule has 0 bridgehead atoms. The minimum Gasteiger partial charge on any atom is -0.409 e. The van der Waals surface area contributed by atoms with E-state index in [1.54, 1.807) is 0 Å². The summed E-state index contributed by atoms with van der Waals surface area (Å²) >= 11 is 0. The monoisotopic (exact) mass is 590 g/mol. The molecular weight excluding hydrogens is 535 g/mol. The lowest BCUT2D eigenvalue weighted by Gasteiger charge is -2.21. The van der Waals surface area contributed by atoms with Crippen LogP contribution in [0.4, 0.5) is 0 Å². The van der Waals surface area contributed by atoms with Crippen molar-refractivity contribution in [2.75, 3.05) is 0 Å². The van der Waals surface area contributed by atoms with Crippen molar-refractivity contribution in [1.82, 2.24) is 0 Å². The lowest BCUT2D eigenvalue weighted by Crippen LogP contribution is -2.05. The fraction of sp³-hybridized carbons (Fsp3) is 0.526. The zero-order valence-corrected chi connectivity index (χ0v) is 27.3. The number of hydrogen-bond donors (Lipinski definition) is 0. The van der Waals surface area contributed by atoms with E-state index in [4.69, 9.17) is 13.6 Å². The molecule has 0 unspecified atom stereocenters. The predicted molar refractivity (Wildman–Crippen MR) is 181 cm³/mol. The molecule has 0 aliphatic rings. The molecule has 3 aromatic rings. The van der Waals surface area contributed by atoms with Gasteiger partial charge in [0.2, 0.25) is 0 Å². The number of para-hydroxylation sites is 3. The molecule has 3 nitrogen and oxygen atoms in total. The Kier molecular flexibility index (Phi) is 17.9. The highest BCUT2D eigenvalue weighted by atomic mass is 31.2. The smallest absolute Gasteiger partial charge is 0.409 e. The first-order chi connectivity index (χ1) is 20.8. The van der Waals surface area contributed by atoms with Crippen molar-refractivity contribution in [3.63, 3.8) is 0 Å². The second-order valence-electron chi connectivity index (χ2n) is 11.5. The highest BCUT2D eigenvalue weighted by Crippen LogP contribution is 2.44. The molecule has 0 aliphatic carbocycles. The average molecular weight is 591 g/mol. The van der Waals surface area contributed by atoms with Crippen LogP contribution in [0.1, 0.15) is 128 Å². The highest BCUT2D eigenvalue weighted by molar-refractivity contribution is 7.43. The SMILES string of the molecule is CCCCCCCCCCc1ccccc1OP(Oc1ccccc1)Oc1ccccc1CCCCCCCCCC. The van der Waals surface area contributed by atoms with E-state index < -0.39 is 8.60 Å². The Morgan fingerprint density at radius 2 is 0.786 bits per heavy atom. The molecule has 4 heteroatoms. The highest BCUT2D eigenvalue weighted by Gasteiger charge is 2.22. The summed E-state index contributed by atoms with van der Waals surface area (Å²) in [6.45, 7) is 4.55. The Hall–Kier alpha value is -2.51. The first-order valence-corrected chi connectivity index (χ1v) is 17.9. The van der Waals surface area contributed by atoms with Crippen molar-refractivity contribution < 1.29 is 13.6 Å². The molecule has 0 spiro atoms. The number of unbranched alkanes of at least 4 members (excludes halogenated alkanes) is 14. The number of benzene rings is 3. The second-order valence-corrected chi connectivity index (χ2v) is 12.5. The third-order valence-electron chi connectivity index (χ3n) is 7.81. The van der Waals surface area contributed by atoms with Crippen molar-refractivity contribution in [2.24, 2.45) is 0 Å². The van der Waals surface area contributed by atoms with Crippen LogP contribution in [0, 0.1) is 0 Å². The lowest BCUT2D eigenvalue weighted by atomic mass is 10.0. The van der Waals surface area contributed by atoms with Gasteiger partial charge in [0.05, 0.1) is 0 Å². The van der Waals surface area contributed by atoms with E-state index >= 15 is 0 Å². The third kappa shape index (κ3) is 14.1. The van der Waals surface area contributed by atoms with Crippen LogP contribution in [0.25, 0.3) is 0 Å². The summed E-state index contributed by atoms with van der Waals surface area (Å²) in [5.74, 6) is 2.48. The van der Waals surface area contributed by atoms with Crippen LogP contribution in [0.5, 0.6) is 17.2 Å². The van der Waals surface area contributed by atoms with Crippen molar-refractivity contribution >= 4 is 8.60 Å². The molecular formula is C38H55O3P. The van der Waals surface area contributed by atoms with E-state index in [9.17, 15) is 0 Å². The first kappa shape index (κ1) is 34.0. The molecule has 3 rings (SSSR count). The molecule has 0 radical (unpaired) electrons. The van der Waals surface area contributed by atoms with Crippen molar-refractivity contribution in [2.45, 2.75) is 129 Å². The van der Waals surface area contributed by atoms with Crippen LogP contribution >= 0.6 is 8.60 Å². The molecule has 0 aliphatic heterocycles. The fourth-order valence-electron chi connectivity index (χ4n) is 5.28.